The van der Waals surface area contributed by atoms with Crippen molar-refractivity contribution >= 4 is 23.4 Å². The van der Waals surface area contributed by atoms with Crippen molar-refractivity contribution < 1.29 is 5.11 Å². The highest BCUT2D eigenvalue weighted by molar-refractivity contribution is 7.99. The van der Waals surface area contributed by atoms with Gasteiger partial charge in [-0.15, -0.1) is 11.8 Å². The number of nitrogens with zero attached hydrogens (tertiary/aromatic N) is 1. The minimum absolute atomic E-state index is 0.248. The van der Waals surface area contributed by atoms with Gasteiger partial charge in [-0.05, 0) is 24.1 Å². The van der Waals surface area contributed by atoms with Crippen LogP contribution >= 0.6 is 23.4 Å². The van der Waals surface area contributed by atoms with Gasteiger partial charge < -0.3 is 5.11 Å². The molecular formula is C10H10ClNOS. The molecule has 0 saturated carbocycles. The first kappa shape index (κ1) is 11.2. The number of thioether (sulfide) groups is 1. The molecule has 1 rings (SSSR count). The first-order valence-electron chi connectivity index (χ1n) is 4.20. The van der Waals surface area contributed by atoms with Gasteiger partial charge in [0.2, 0.25) is 0 Å². The number of hydrogen-bond donors (Lipinski definition) is 1. The van der Waals surface area contributed by atoms with E-state index >= 15 is 0 Å². The molecular weight excluding hydrogens is 218 g/mol. The largest absolute Gasteiger partial charge is 0.508 e. The van der Waals surface area contributed by atoms with Crippen LogP contribution < -0.4 is 0 Å². The number of hydrogen-bond acceptors (Lipinski definition) is 3. The van der Waals surface area contributed by atoms with E-state index in [2.05, 4.69) is 0 Å². The molecule has 74 valence electrons. The van der Waals surface area contributed by atoms with Crippen LogP contribution in [0.1, 0.15) is 12.5 Å². The van der Waals surface area contributed by atoms with E-state index in [9.17, 15) is 5.11 Å². The van der Waals surface area contributed by atoms with Crippen molar-refractivity contribution in [1.29, 1.82) is 5.26 Å². The topological polar surface area (TPSA) is 44.0 Å². The molecule has 0 aliphatic carbocycles. The van der Waals surface area contributed by atoms with E-state index in [0.29, 0.717) is 10.8 Å². The van der Waals surface area contributed by atoms with E-state index in [-0.39, 0.29) is 5.75 Å². The van der Waals surface area contributed by atoms with Gasteiger partial charge in [0, 0.05) is 4.90 Å². The minimum atomic E-state index is 0.248. The van der Waals surface area contributed by atoms with Crippen LogP contribution in [0.2, 0.25) is 5.02 Å². The number of rotatable bonds is 3. The summed E-state index contributed by atoms with van der Waals surface area (Å²) in [6, 6.07) is 5.38. The Balaban J connectivity index is 2.97. The maximum absolute atomic E-state index is 9.56. The van der Waals surface area contributed by atoms with Crippen LogP contribution in [0.4, 0.5) is 0 Å². The third-order valence-corrected chi connectivity index (χ3v) is 3.15. The monoisotopic (exact) mass is 227 g/mol. The fourth-order valence-electron chi connectivity index (χ4n) is 1.09. The molecule has 1 N–H and O–H groups in total. The standard InChI is InChI=1S/C10H10ClNOS/c1-2-7-5-8(11)10(6-9(7)13)14-4-3-12/h5-6,13H,2,4H2,1H3. The van der Waals surface area contributed by atoms with E-state index in [1.807, 2.05) is 13.0 Å². The summed E-state index contributed by atoms with van der Waals surface area (Å²) in [5, 5.41) is 18.6. The highest BCUT2D eigenvalue weighted by atomic mass is 35.5. The van der Waals surface area contributed by atoms with Gasteiger partial charge in [-0.3, -0.25) is 0 Å². The fourth-order valence-corrected chi connectivity index (χ4v) is 2.05. The lowest BCUT2D eigenvalue weighted by atomic mass is 10.1. The Bertz CT molecular complexity index is 373. The Kier molecular flexibility index (Phi) is 4.12. The normalized spacial score (nSPS) is 9.79. The van der Waals surface area contributed by atoms with Crippen molar-refractivity contribution in [3.63, 3.8) is 0 Å². The quantitative estimate of drug-likeness (QED) is 0.807. The second kappa shape index (κ2) is 5.14. The molecule has 14 heavy (non-hydrogen) atoms. The van der Waals surface area contributed by atoms with Crippen molar-refractivity contribution in [1.82, 2.24) is 0 Å². The van der Waals surface area contributed by atoms with E-state index in [1.165, 1.54) is 11.8 Å². The number of halogens is 1. The molecule has 0 radical (unpaired) electrons. The molecule has 0 aliphatic heterocycles. The SMILES string of the molecule is CCc1cc(Cl)c(SCC#N)cc1O. The second-order valence-electron chi connectivity index (χ2n) is 2.71. The maximum atomic E-state index is 9.56. The molecule has 2 nitrogen and oxygen atoms in total. The Morgan fingerprint density at radius 2 is 2.29 bits per heavy atom. The Hall–Kier alpha value is -0.850. The molecule has 1 aromatic carbocycles. The second-order valence-corrected chi connectivity index (χ2v) is 4.14. The van der Waals surface area contributed by atoms with Crippen molar-refractivity contribution in [3.8, 4) is 11.8 Å². The predicted octanol–water partition coefficient (Wildman–Crippen LogP) is 3.22. The molecule has 0 saturated heterocycles. The van der Waals surface area contributed by atoms with Crippen molar-refractivity contribution in [3.05, 3.63) is 22.7 Å². The van der Waals surface area contributed by atoms with Gasteiger partial charge in [0.25, 0.3) is 0 Å². The molecule has 0 atom stereocenters. The molecule has 4 heteroatoms. The Morgan fingerprint density at radius 1 is 1.57 bits per heavy atom. The zero-order valence-electron chi connectivity index (χ0n) is 7.75. The van der Waals surface area contributed by atoms with E-state index < -0.39 is 0 Å². The first-order chi connectivity index (χ1) is 6.69. The average molecular weight is 228 g/mol. The van der Waals surface area contributed by atoms with Gasteiger partial charge in [0.15, 0.2) is 0 Å². The molecule has 0 spiro atoms. The smallest absolute Gasteiger partial charge is 0.119 e. The van der Waals surface area contributed by atoms with Gasteiger partial charge in [-0.1, -0.05) is 18.5 Å². The first-order valence-corrected chi connectivity index (χ1v) is 5.56. The summed E-state index contributed by atoms with van der Waals surface area (Å²) in [7, 11) is 0. The molecule has 0 aromatic heterocycles. The highest BCUT2D eigenvalue weighted by Gasteiger charge is 2.06. The van der Waals surface area contributed by atoms with Crippen LogP contribution in [0.3, 0.4) is 0 Å². The molecule has 0 heterocycles. The van der Waals surface area contributed by atoms with Crippen molar-refractivity contribution in [2.75, 3.05) is 5.75 Å². The van der Waals surface area contributed by atoms with Crippen molar-refractivity contribution in [2.45, 2.75) is 18.2 Å². The zero-order valence-corrected chi connectivity index (χ0v) is 9.32. The fraction of sp³-hybridized carbons (Fsp3) is 0.300. The Morgan fingerprint density at radius 3 is 2.86 bits per heavy atom. The number of phenols is 1. The number of aryl methyl sites for hydroxylation is 1. The lowest BCUT2D eigenvalue weighted by molar-refractivity contribution is 0.467. The van der Waals surface area contributed by atoms with Crippen LogP contribution in [0.5, 0.6) is 5.75 Å². The summed E-state index contributed by atoms with van der Waals surface area (Å²) in [5.41, 5.74) is 0.830. The molecule has 1 aromatic rings. The van der Waals surface area contributed by atoms with Crippen LogP contribution in [0, 0.1) is 11.3 Å². The third kappa shape index (κ3) is 2.57. The lowest BCUT2D eigenvalue weighted by Gasteiger charge is -2.06. The third-order valence-electron chi connectivity index (χ3n) is 1.81. The van der Waals surface area contributed by atoms with Gasteiger partial charge in [-0.25, -0.2) is 0 Å². The van der Waals surface area contributed by atoms with Crippen molar-refractivity contribution in [2.24, 2.45) is 0 Å². The summed E-state index contributed by atoms with van der Waals surface area (Å²) in [5.74, 6) is 0.585. The minimum Gasteiger partial charge on any atom is -0.508 e. The van der Waals surface area contributed by atoms with E-state index in [0.717, 1.165) is 16.9 Å². The maximum Gasteiger partial charge on any atom is 0.119 e. The number of phenolic OH excluding ortho intramolecular Hbond substituents is 1. The highest BCUT2D eigenvalue weighted by Crippen LogP contribution is 2.33. The average Bonchev–Trinajstić information content (AvgIpc) is 2.18. The summed E-state index contributed by atoms with van der Waals surface area (Å²) in [6.45, 7) is 1.95. The number of aromatic hydroxyl groups is 1. The summed E-state index contributed by atoms with van der Waals surface area (Å²) in [6.07, 6.45) is 0.745. The zero-order chi connectivity index (χ0) is 10.6. The lowest BCUT2D eigenvalue weighted by Crippen LogP contribution is -1.84. The van der Waals surface area contributed by atoms with Crippen LogP contribution in [-0.4, -0.2) is 10.9 Å². The van der Waals surface area contributed by atoms with Gasteiger partial charge in [0.05, 0.1) is 16.8 Å². The molecule has 0 fully saturated rings. The molecule has 0 amide bonds. The van der Waals surface area contributed by atoms with Gasteiger partial charge in [0.1, 0.15) is 5.75 Å². The van der Waals surface area contributed by atoms with E-state index in [4.69, 9.17) is 16.9 Å². The molecule has 0 aliphatic rings. The van der Waals surface area contributed by atoms with E-state index in [1.54, 1.807) is 12.1 Å². The summed E-state index contributed by atoms with van der Waals surface area (Å²) >= 11 is 7.30. The summed E-state index contributed by atoms with van der Waals surface area (Å²) in [4.78, 5) is 0.753. The molecule has 0 bridgehead atoms. The van der Waals surface area contributed by atoms with Crippen LogP contribution in [0.25, 0.3) is 0 Å². The van der Waals surface area contributed by atoms with Gasteiger partial charge >= 0.3 is 0 Å². The predicted molar refractivity (Wildman–Crippen MR) is 58.8 cm³/mol. The number of nitriles is 1. The van der Waals surface area contributed by atoms with Crippen LogP contribution in [-0.2, 0) is 6.42 Å². The summed E-state index contributed by atoms with van der Waals surface area (Å²) < 4.78 is 0. The number of benzene rings is 1. The Labute approximate surface area is 92.5 Å². The van der Waals surface area contributed by atoms with Gasteiger partial charge in [-0.2, -0.15) is 5.26 Å². The van der Waals surface area contributed by atoms with Crippen LogP contribution in [0.15, 0.2) is 17.0 Å². The molecule has 0 unspecified atom stereocenters.